The molecule has 3 nitrogen and oxygen atoms in total. The van der Waals surface area contributed by atoms with Gasteiger partial charge in [-0.15, -0.1) is 11.3 Å². The lowest BCUT2D eigenvalue weighted by molar-refractivity contribution is 0.0927. The fourth-order valence-electron chi connectivity index (χ4n) is 2.29. The Balaban J connectivity index is 2.15. The molecule has 0 radical (unpaired) electrons. The Bertz CT molecular complexity index is 491. The second-order valence-electron chi connectivity index (χ2n) is 5.37. The van der Waals surface area contributed by atoms with Crippen LogP contribution in [0, 0.1) is 11.3 Å². The van der Waals surface area contributed by atoms with Crippen molar-refractivity contribution in [2.24, 2.45) is 0 Å². The molecule has 1 unspecified atom stereocenters. The third-order valence-corrected chi connectivity index (χ3v) is 5.05. The molecule has 19 heavy (non-hydrogen) atoms. The minimum Gasteiger partial charge on any atom is -0.333 e. The van der Waals surface area contributed by atoms with Crippen LogP contribution in [-0.2, 0) is 12.8 Å². The van der Waals surface area contributed by atoms with Crippen LogP contribution in [0.15, 0.2) is 6.07 Å². The Morgan fingerprint density at radius 2 is 2.21 bits per heavy atom. The maximum absolute atomic E-state index is 12.2. The molecule has 0 saturated carbocycles. The minimum absolute atomic E-state index is 0.107. The SMILES string of the molecule is CCC(C)(C#N)NC(=O)c1cc2c(s1)CCCCC2. The number of hydrogen-bond donors (Lipinski definition) is 1. The number of aryl methyl sites for hydroxylation is 2. The first-order valence-electron chi connectivity index (χ1n) is 6.93. The Kier molecular flexibility index (Phi) is 4.26. The molecule has 1 atom stereocenters. The topological polar surface area (TPSA) is 52.9 Å². The zero-order valence-electron chi connectivity index (χ0n) is 11.6. The quantitative estimate of drug-likeness (QED) is 0.860. The average molecular weight is 276 g/mol. The van der Waals surface area contributed by atoms with E-state index in [0.29, 0.717) is 6.42 Å². The van der Waals surface area contributed by atoms with Gasteiger partial charge in [0, 0.05) is 4.88 Å². The number of amides is 1. The van der Waals surface area contributed by atoms with Crippen LogP contribution in [-0.4, -0.2) is 11.4 Å². The van der Waals surface area contributed by atoms with Crippen molar-refractivity contribution >= 4 is 17.2 Å². The van der Waals surface area contributed by atoms with Gasteiger partial charge in [-0.25, -0.2) is 0 Å². The van der Waals surface area contributed by atoms with E-state index in [9.17, 15) is 4.79 Å². The molecule has 0 aliphatic heterocycles. The lowest BCUT2D eigenvalue weighted by atomic mass is 10.0. The number of thiophene rings is 1. The van der Waals surface area contributed by atoms with Gasteiger partial charge in [0.05, 0.1) is 10.9 Å². The largest absolute Gasteiger partial charge is 0.333 e. The molecule has 0 spiro atoms. The number of nitrogens with one attached hydrogen (secondary N) is 1. The van der Waals surface area contributed by atoms with Gasteiger partial charge in [0.2, 0.25) is 0 Å². The molecule has 1 N–H and O–H groups in total. The normalized spacial score (nSPS) is 17.7. The predicted molar refractivity (Wildman–Crippen MR) is 77.4 cm³/mol. The average Bonchev–Trinajstić information content (AvgIpc) is 2.70. The van der Waals surface area contributed by atoms with Crippen molar-refractivity contribution in [3.63, 3.8) is 0 Å². The van der Waals surface area contributed by atoms with Crippen molar-refractivity contribution in [1.29, 1.82) is 5.26 Å². The molecular weight excluding hydrogens is 256 g/mol. The van der Waals surface area contributed by atoms with E-state index in [2.05, 4.69) is 11.4 Å². The van der Waals surface area contributed by atoms with Gasteiger partial charge in [-0.3, -0.25) is 4.79 Å². The van der Waals surface area contributed by atoms with Gasteiger partial charge < -0.3 is 5.32 Å². The van der Waals surface area contributed by atoms with Crippen LogP contribution in [0.4, 0.5) is 0 Å². The molecule has 1 heterocycles. The van der Waals surface area contributed by atoms with E-state index < -0.39 is 5.54 Å². The molecule has 0 saturated heterocycles. The number of carbonyl (C=O) groups excluding carboxylic acids is 1. The van der Waals surface area contributed by atoms with Crippen LogP contribution in [0.3, 0.4) is 0 Å². The van der Waals surface area contributed by atoms with Gasteiger partial charge >= 0.3 is 0 Å². The van der Waals surface area contributed by atoms with Gasteiger partial charge in [0.1, 0.15) is 5.54 Å². The Morgan fingerprint density at radius 1 is 1.47 bits per heavy atom. The van der Waals surface area contributed by atoms with Crippen molar-refractivity contribution in [2.75, 3.05) is 0 Å². The van der Waals surface area contributed by atoms with Gasteiger partial charge in [-0.05, 0) is 50.7 Å². The van der Waals surface area contributed by atoms with Crippen molar-refractivity contribution < 1.29 is 4.79 Å². The Morgan fingerprint density at radius 3 is 2.89 bits per heavy atom. The maximum atomic E-state index is 12.2. The summed E-state index contributed by atoms with van der Waals surface area (Å²) in [6.07, 6.45) is 6.51. The molecule has 0 bridgehead atoms. The van der Waals surface area contributed by atoms with Gasteiger partial charge in [-0.1, -0.05) is 13.3 Å². The van der Waals surface area contributed by atoms with E-state index in [1.165, 1.54) is 29.7 Å². The second-order valence-corrected chi connectivity index (χ2v) is 6.51. The van der Waals surface area contributed by atoms with Gasteiger partial charge in [0.25, 0.3) is 5.91 Å². The third-order valence-electron chi connectivity index (χ3n) is 3.81. The first-order chi connectivity index (χ1) is 9.08. The standard InChI is InChI=1S/C15H20N2OS/c1-3-15(2,10-16)17-14(18)13-9-11-7-5-4-6-8-12(11)19-13/h9H,3-8H2,1-2H3,(H,17,18). The van der Waals surface area contributed by atoms with Crippen LogP contribution in [0.1, 0.15) is 59.6 Å². The Hall–Kier alpha value is -1.34. The summed E-state index contributed by atoms with van der Waals surface area (Å²) < 4.78 is 0. The Labute approximate surface area is 118 Å². The van der Waals surface area contributed by atoms with E-state index in [4.69, 9.17) is 5.26 Å². The summed E-state index contributed by atoms with van der Waals surface area (Å²) in [5.41, 5.74) is 0.571. The highest BCUT2D eigenvalue weighted by molar-refractivity contribution is 7.14. The van der Waals surface area contributed by atoms with Crippen LogP contribution in [0.25, 0.3) is 0 Å². The fourth-order valence-corrected chi connectivity index (χ4v) is 3.44. The number of rotatable bonds is 3. The number of nitriles is 1. The monoisotopic (exact) mass is 276 g/mol. The smallest absolute Gasteiger partial charge is 0.262 e. The molecule has 1 aliphatic rings. The first kappa shape index (κ1) is 14.1. The molecule has 1 aromatic rings. The minimum atomic E-state index is -0.765. The molecule has 0 fully saturated rings. The highest BCUT2D eigenvalue weighted by Gasteiger charge is 2.25. The van der Waals surface area contributed by atoms with E-state index in [-0.39, 0.29) is 5.91 Å². The van der Waals surface area contributed by atoms with Crippen molar-refractivity contribution in [1.82, 2.24) is 5.32 Å². The third kappa shape index (κ3) is 3.16. The molecule has 1 aliphatic carbocycles. The summed E-state index contributed by atoms with van der Waals surface area (Å²) in [5, 5.41) is 12.0. The summed E-state index contributed by atoms with van der Waals surface area (Å²) in [6, 6.07) is 4.20. The van der Waals surface area contributed by atoms with Gasteiger partial charge in [-0.2, -0.15) is 5.26 Å². The van der Waals surface area contributed by atoms with Gasteiger partial charge in [0.15, 0.2) is 0 Å². The first-order valence-corrected chi connectivity index (χ1v) is 7.75. The molecule has 1 aromatic heterocycles. The van der Waals surface area contributed by atoms with Crippen LogP contribution in [0.2, 0.25) is 0 Å². The summed E-state index contributed by atoms with van der Waals surface area (Å²) in [4.78, 5) is 14.3. The molecular formula is C15H20N2OS. The highest BCUT2D eigenvalue weighted by Crippen LogP contribution is 2.29. The highest BCUT2D eigenvalue weighted by atomic mass is 32.1. The summed E-state index contributed by atoms with van der Waals surface area (Å²) in [5.74, 6) is -0.107. The number of fused-ring (bicyclic) bond motifs is 1. The maximum Gasteiger partial charge on any atom is 0.262 e. The lowest BCUT2D eigenvalue weighted by Crippen LogP contribution is -2.44. The van der Waals surface area contributed by atoms with Crippen LogP contribution in [0.5, 0.6) is 0 Å². The molecule has 4 heteroatoms. The zero-order valence-corrected chi connectivity index (χ0v) is 12.4. The van der Waals surface area contributed by atoms with Crippen molar-refractivity contribution in [3.8, 4) is 6.07 Å². The number of nitrogens with zero attached hydrogens (tertiary/aromatic N) is 1. The predicted octanol–water partition coefficient (Wildman–Crippen LogP) is 3.44. The van der Waals surface area contributed by atoms with Crippen molar-refractivity contribution in [2.45, 2.75) is 57.9 Å². The van der Waals surface area contributed by atoms with E-state index in [1.807, 2.05) is 13.0 Å². The van der Waals surface area contributed by atoms with Crippen LogP contribution >= 0.6 is 11.3 Å². The fraction of sp³-hybridized carbons (Fsp3) is 0.600. The van der Waals surface area contributed by atoms with E-state index in [1.54, 1.807) is 18.3 Å². The number of hydrogen-bond acceptors (Lipinski definition) is 3. The number of carbonyl (C=O) groups is 1. The summed E-state index contributed by atoms with van der Waals surface area (Å²) in [7, 11) is 0. The molecule has 1 amide bonds. The summed E-state index contributed by atoms with van der Waals surface area (Å²) in [6.45, 7) is 3.68. The lowest BCUT2D eigenvalue weighted by Gasteiger charge is -2.20. The molecule has 0 aromatic carbocycles. The van der Waals surface area contributed by atoms with Crippen LogP contribution < -0.4 is 5.32 Å². The van der Waals surface area contributed by atoms with E-state index in [0.717, 1.165) is 17.7 Å². The van der Waals surface area contributed by atoms with Crippen molar-refractivity contribution in [3.05, 3.63) is 21.4 Å². The molecule has 102 valence electrons. The second kappa shape index (κ2) is 5.75. The zero-order chi connectivity index (χ0) is 13.9. The molecule has 2 rings (SSSR count). The van der Waals surface area contributed by atoms with E-state index >= 15 is 0 Å². The summed E-state index contributed by atoms with van der Waals surface area (Å²) >= 11 is 1.60.